The van der Waals surface area contributed by atoms with Crippen LogP contribution in [0.3, 0.4) is 0 Å². The number of nitrogens with zero attached hydrogens (tertiary/aromatic N) is 4. The molecular weight excluding hydrogens is 360 g/mol. The Labute approximate surface area is 163 Å². The Balaban J connectivity index is 1.64. The van der Waals surface area contributed by atoms with Crippen molar-refractivity contribution in [2.45, 2.75) is 24.6 Å². The van der Waals surface area contributed by atoms with E-state index >= 15 is 0 Å². The second kappa shape index (κ2) is 7.64. The zero-order chi connectivity index (χ0) is 18.7. The molecule has 138 valence electrons. The van der Waals surface area contributed by atoms with Crippen molar-refractivity contribution in [2.75, 3.05) is 7.05 Å². The fraction of sp³-hybridized carbons (Fsp3) is 0.238. The minimum absolute atomic E-state index is 0.0330. The average molecular weight is 381 g/mol. The molecule has 0 N–H and O–H groups in total. The molecule has 0 bridgehead atoms. The van der Waals surface area contributed by atoms with Gasteiger partial charge in [0.25, 0.3) is 0 Å². The zero-order valence-electron chi connectivity index (χ0n) is 15.1. The van der Waals surface area contributed by atoms with Crippen molar-refractivity contribution < 1.29 is 4.84 Å². The summed E-state index contributed by atoms with van der Waals surface area (Å²) < 4.78 is 1.84. The lowest BCUT2D eigenvalue weighted by Gasteiger charge is -2.34. The molecule has 0 saturated carbocycles. The molecule has 1 aliphatic heterocycles. The number of rotatable bonds is 5. The molecule has 6 heteroatoms. The van der Waals surface area contributed by atoms with Crippen LogP contribution in [0, 0.1) is 0 Å². The van der Waals surface area contributed by atoms with Crippen LogP contribution >= 0.6 is 11.6 Å². The summed E-state index contributed by atoms with van der Waals surface area (Å²) in [7, 11) is 1.97. The van der Waals surface area contributed by atoms with E-state index in [-0.39, 0.29) is 11.6 Å². The van der Waals surface area contributed by atoms with Gasteiger partial charge in [-0.25, -0.2) is 4.98 Å². The lowest BCUT2D eigenvalue weighted by molar-refractivity contribution is -0.165. The first-order valence-corrected chi connectivity index (χ1v) is 9.26. The van der Waals surface area contributed by atoms with Gasteiger partial charge in [0.2, 0.25) is 0 Å². The van der Waals surface area contributed by atoms with Gasteiger partial charge in [0.05, 0.1) is 18.2 Å². The van der Waals surface area contributed by atoms with Crippen molar-refractivity contribution in [1.29, 1.82) is 0 Å². The molecule has 0 amide bonds. The molecule has 3 aromatic rings. The third kappa shape index (κ3) is 3.81. The topological polar surface area (TPSA) is 43.2 Å². The highest BCUT2D eigenvalue weighted by Gasteiger charge is 2.46. The standard InChI is InChI=1S/C21H21ClN4O/c1-25-21(14-26-16-23-15-24-26,18-8-10-19(22)11-9-18)13-20(27-25)12-7-17-5-3-2-4-6-17/h2-12,15-16,20H,13-14H2,1H3/b12-7+/t20-,21+/m0/s1. The molecule has 1 saturated heterocycles. The second-order valence-corrected chi connectivity index (χ2v) is 7.18. The quantitative estimate of drug-likeness (QED) is 0.666. The van der Waals surface area contributed by atoms with E-state index in [0.29, 0.717) is 6.54 Å². The summed E-state index contributed by atoms with van der Waals surface area (Å²) in [6.07, 6.45) is 8.27. The predicted molar refractivity (Wildman–Crippen MR) is 106 cm³/mol. The van der Waals surface area contributed by atoms with Crippen LogP contribution in [0.2, 0.25) is 5.02 Å². The smallest absolute Gasteiger partial charge is 0.137 e. The summed E-state index contributed by atoms with van der Waals surface area (Å²) in [5.74, 6) is 0. The number of benzene rings is 2. The summed E-state index contributed by atoms with van der Waals surface area (Å²) >= 11 is 6.11. The van der Waals surface area contributed by atoms with E-state index in [1.807, 2.05) is 47.1 Å². The molecule has 2 atom stereocenters. The molecule has 0 spiro atoms. The highest BCUT2D eigenvalue weighted by molar-refractivity contribution is 6.30. The second-order valence-electron chi connectivity index (χ2n) is 6.75. The van der Waals surface area contributed by atoms with Gasteiger partial charge < -0.3 is 0 Å². The van der Waals surface area contributed by atoms with Crippen LogP contribution in [0.25, 0.3) is 6.08 Å². The van der Waals surface area contributed by atoms with Crippen LogP contribution in [0.1, 0.15) is 17.5 Å². The van der Waals surface area contributed by atoms with Crippen LogP contribution in [-0.2, 0) is 16.9 Å². The first-order valence-electron chi connectivity index (χ1n) is 8.88. The van der Waals surface area contributed by atoms with Crippen LogP contribution in [0.4, 0.5) is 0 Å². The van der Waals surface area contributed by atoms with E-state index in [0.717, 1.165) is 22.6 Å². The maximum absolute atomic E-state index is 6.18. The van der Waals surface area contributed by atoms with Crippen molar-refractivity contribution in [1.82, 2.24) is 19.8 Å². The molecule has 4 rings (SSSR count). The van der Waals surface area contributed by atoms with Gasteiger partial charge in [0.1, 0.15) is 12.7 Å². The Morgan fingerprint density at radius 3 is 2.67 bits per heavy atom. The van der Waals surface area contributed by atoms with Gasteiger partial charge in [-0.2, -0.15) is 10.2 Å². The molecule has 0 aliphatic carbocycles. The normalized spacial score (nSPS) is 23.3. The third-order valence-corrected chi connectivity index (χ3v) is 5.26. The Morgan fingerprint density at radius 2 is 1.96 bits per heavy atom. The van der Waals surface area contributed by atoms with Crippen molar-refractivity contribution in [3.05, 3.63) is 89.5 Å². The lowest BCUT2D eigenvalue weighted by atomic mass is 9.85. The minimum Gasteiger partial charge on any atom is -0.291 e. The number of halogens is 1. The van der Waals surface area contributed by atoms with Gasteiger partial charge in [0.15, 0.2) is 0 Å². The van der Waals surface area contributed by atoms with Crippen molar-refractivity contribution >= 4 is 17.7 Å². The Bertz CT molecular complexity index is 896. The van der Waals surface area contributed by atoms with Crippen molar-refractivity contribution in [3.8, 4) is 0 Å². The van der Waals surface area contributed by atoms with Crippen LogP contribution in [0.15, 0.2) is 73.3 Å². The highest BCUT2D eigenvalue weighted by Crippen LogP contribution is 2.41. The SMILES string of the molecule is CN1O[C@@H](/C=C/c2ccccc2)C[C@@]1(Cn1cncn1)c1ccc(Cl)cc1. The number of hydrogen-bond acceptors (Lipinski definition) is 4. The molecule has 2 heterocycles. The molecule has 27 heavy (non-hydrogen) atoms. The van der Waals surface area contributed by atoms with E-state index in [4.69, 9.17) is 16.4 Å². The van der Waals surface area contributed by atoms with Gasteiger partial charge in [0, 0.05) is 18.5 Å². The van der Waals surface area contributed by atoms with Gasteiger partial charge in [-0.15, -0.1) is 0 Å². The molecule has 1 fully saturated rings. The summed E-state index contributed by atoms with van der Waals surface area (Å²) in [6.45, 7) is 0.640. The summed E-state index contributed by atoms with van der Waals surface area (Å²) in [5.41, 5.74) is 1.94. The fourth-order valence-electron chi connectivity index (χ4n) is 3.59. The maximum Gasteiger partial charge on any atom is 0.137 e. The van der Waals surface area contributed by atoms with E-state index in [1.54, 1.807) is 12.7 Å². The molecule has 0 radical (unpaired) electrons. The molecular formula is C21H21ClN4O. The van der Waals surface area contributed by atoms with Crippen molar-refractivity contribution in [2.24, 2.45) is 0 Å². The number of aromatic nitrogens is 3. The molecule has 1 aliphatic rings. The lowest BCUT2D eigenvalue weighted by Crippen LogP contribution is -2.41. The number of hydrogen-bond donors (Lipinski definition) is 0. The van der Waals surface area contributed by atoms with Gasteiger partial charge in [-0.3, -0.25) is 9.52 Å². The molecule has 1 aromatic heterocycles. The Morgan fingerprint density at radius 1 is 1.19 bits per heavy atom. The maximum atomic E-state index is 6.18. The van der Waals surface area contributed by atoms with Gasteiger partial charge >= 0.3 is 0 Å². The van der Waals surface area contributed by atoms with E-state index in [9.17, 15) is 0 Å². The predicted octanol–water partition coefficient (Wildman–Crippen LogP) is 4.18. The zero-order valence-corrected chi connectivity index (χ0v) is 15.8. The average Bonchev–Trinajstić information content (AvgIpc) is 3.30. The van der Waals surface area contributed by atoms with Crippen LogP contribution in [-0.4, -0.2) is 33.0 Å². The van der Waals surface area contributed by atoms with E-state index in [1.165, 1.54) is 0 Å². The third-order valence-electron chi connectivity index (χ3n) is 5.01. The summed E-state index contributed by atoms with van der Waals surface area (Å²) in [6, 6.07) is 18.2. The summed E-state index contributed by atoms with van der Waals surface area (Å²) in [4.78, 5) is 10.3. The van der Waals surface area contributed by atoms with Gasteiger partial charge in [-0.05, 0) is 23.3 Å². The molecule has 0 unspecified atom stereocenters. The van der Waals surface area contributed by atoms with Crippen LogP contribution in [0.5, 0.6) is 0 Å². The number of hydroxylamine groups is 2. The first-order chi connectivity index (χ1) is 13.2. The molecule has 5 nitrogen and oxygen atoms in total. The Kier molecular flexibility index (Phi) is 5.07. The number of likely N-dealkylation sites (N-methyl/N-ethyl adjacent to an activating group) is 1. The highest BCUT2D eigenvalue weighted by atomic mass is 35.5. The Hall–Kier alpha value is -2.47. The van der Waals surface area contributed by atoms with Crippen LogP contribution < -0.4 is 0 Å². The first kappa shape index (κ1) is 17.9. The largest absolute Gasteiger partial charge is 0.291 e. The molecule has 2 aromatic carbocycles. The fourth-order valence-corrected chi connectivity index (χ4v) is 3.71. The van der Waals surface area contributed by atoms with Crippen molar-refractivity contribution in [3.63, 3.8) is 0 Å². The monoisotopic (exact) mass is 380 g/mol. The summed E-state index contributed by atoms with van der Waals surface area (Å²) in [5, 5.41) is 6.96. The van der Waals surface area contributed by atoms with Gasteiger partial charge in [-0.1, -0.05) is 66.2 Å². The van der Waals surface area contributed by atoms with E-state index < -0.39 is 0 Å². The van der Waals surface area contributed by atoms with E-state index in [2.05, 4.69) is 46.5 Å². The minimum atomic E-state index is -0.357.